The van der Waals surface area contributed by atoms with E-state index < -0.39 is 0 Å². The maximum absolute atomic E-state index is 12.3. The molecule has 0 aliphatic carbocycles. The SMILES string of the molecule is Cn1c(=O)c2c(cc(/C=C/c3cccc(Cl)c3)n2C)n(C)c1=O. The number of nitrogens with zero attached hydrogens (tertiary/aromatic N) is 3. The van der Waals surface area contributed by atoms with Crippen LogP contribution in [0.2, 0.25) is 5.02 Å². The molecular weight excluding hydrogens is 314 g/mol. The normalized spacial score (nSPS) is 11.7. The number of aromatic nitrogens is 3. The Morgan fingerprint density at radius 1 is 0.957 bits per heavy atom. The van der Waals surface area contributed by atoms with Crippen LogP contribution >= 0.6 is 11.6 Å². The fraction of sp³-hybridized carbons (Fsp3) is 0.176. The van der Waals surface area contributed by atoms with Crippen molar-refractivity contribution in [1.29, 1.82) is 0 Å². The van der Waals surface area contributed by atoms with Crippen LogP contribution in [0.1, 0.15) is 11.3 Å². The molecule has 0 N–H and O–H groups in total. The maximum Gasteiger partial charge on any atom is 0.331 e. The summed E-state index contributed by atoms with van der Waals surface area (Å²) in [7, 11) is 4.96. The highest BCUT2D eigenvalue weighted by Gasteiger charge is 2.13. The van der Waals surface area contributed by atoms with E-state index in [2.05, 4.69) is 0 Å². The van der Waals surface area contributed by atoms with E-state index in [1.165, 1.54) is 11.6 Å². The van der Waals surface area contributed by atoms with E-state index >= 15 is 0 Å². The number of benzene rings is 1. The lowest BCUT2D eigenvalue weighted by Crippen LogP contribution is -2.37. The summed E-state index contributed by atoms with van der Waals surface area (Å²) in [6.07, 6.45) is 3.82. The van der Waals surface area contributed by atoms with E-state index in [-0.39, 0.29) is 11.2 Å². The van der Waals surface area contributed by atoms with E-state index in [9.17, 15) is 9.59 Å². The molecule has 0 aliphatic rings. The third kappa shape index (κ3) is 2.53. The minimum Gasteiger partial charge on any atom is -0.338 e. The van der Waals surface area contributed by atoms with Gasteiger partial charge in [0.05, 0.1) is 5.52 Å². The van der Waals surface area contributed by atoms with Crippen LogP contribution in [0.25, 0.3) is 23.2 Å². The first-order valence-electron chi connectivity index (χ1n) is 7.09. The molecule has 0 unspecified atom stereocenters. The molecule has 3 rings (SSSR count). The molecule has 0 bridgehead atoms. The van der Waals surface area contributed by atoms with Crippen LogP contribution in [0, 0.1) is 0 Å². The quantitative estimate of drug-likeness (QED) is 0.725. The Morgan fingerprint density at radius 2 is 1.70 bits per heavy atom. The second kappa shape index (κ2) is 5.59. The average Bonchev–Trinajstić information content (AvgIpc) is 2.86. The first-order chi connectivity index (χ1) is 10.9. The van der Waals surface area contributed by atoms with Gasteiger partial charge in [-0.15, -0.1) is 0 Å². The van der Waals surface area contributed by atoms with Crippen LogP contribution in [-0.2, 0) is 21.1 Å². The summed E-state index contributed by atoms with van der Waals surface area (Å²) in [6, 6.07) is 9.33. The van der Waals surface area contributed by atoms with Crippen molar-refractivity contribution in [1.82, 2.24) is 13.7 Å². The van der Waals surface area contributed by atoms with E-state index in [1.807, 2.05) is 49.5 Å². The molecule has 0 fully saturated rings. The summed E-state index contributed by atoms with van der Waals surface area (Å²) in [5.41, 5.74) is 2.28. The molecule has 0 atom stereocenters. The third-order valence-corrected chi connectivity index (χ3v) is 4.22. The Hall–Kier alpha value is -2.53. The number of halogens is 1. The van der Waals surface area contributed by atoms with Gasteiger partial charge >= 0.3 is 5.69 Å². The Labute approximate surface area is 137 Å². The predicted molar refractivity (Wildman–Crippen MR) is 93.8 cm³/mol. The zero-order chi connectivity index (χ0) is 16.7. The molecule has 0 radical (unpaired) electrons. The fourth-order valence-corrected chi connectivity index (χ4v) is 2.84. The fourth-order valence-electron chi connectivity index (χ4n) is 2.64. The van der Waals surface area contributed by atoms with Gasteiger partial charge in [0.15, 0.2) is 0 Å². The molecule has 0 aliphatic heterocycles. The van der Waals surface area contributed by atoms with Crippen LogP contribution < -0.4 is 11.2 Å². The number of hydrogen-bond acceptors (Lipinski definition) is 2. The van der Waals surface area contributed by atoms with Crippen molar-refractivity contribution in [3.63, 3.8) is 0 Å². The highest BCUT2D eigenvalue weighted by atomic mass is 35.5. The van der Waals surface area contributed by atoms with Crippen molar-refractivity contribution in [2.75, 3.05) is 0 Å². The summed E-state index contributed by atoms with van der Waals surface area (Å²) < 4.78 is 4.39. The lowest BCUT2D eigenvalue weighted by molar-refractivity contribution is 0.708. The smallest absolute Gasteiger partial charge is 0.331 e. The summed E-state index contributed by atoms with van der Waals surface area (Å²) >= 11 is 5.98. The van der Waals surface area contributed by atoms with Gasteiger partial charge in [-0.1, -0.05) is 29.8 Å². The van der Waals surface area contributed by atoms with Gasteiger partial charge in [-0.2, -0.15) is 0 Å². The lowest BCUT2D eigenvalue weighted by atomic mass is 10.2. The molecule has 2 heterocycles. The summed E-state index contributed by atoms with van der Waals surface area (Å²) in [5.74, 6) is 0. The molecule has 0 spiro atoms. The van der Waals surface area contributed by atoms with Gasteiger partial charge in [0.2, 0.25) is 0 Å². The van der Waals surface area contributed by atoms with E-state index in [0.717, 1.165) is 15.8 Å². The molecule has 0 saturated heterocycles. The van der Waals surface area contributed by atoms with Crippen LogP contribution in [0.4, 0.5) is 0 Å². The van der Waals surface area contributed by atoms with Crippen molar-refractivity contribution in [2.45, 2.75) is 0 Å². The summed E-state index contributed by atoms with van der Waals surface area (Å²) in [5, 5.41) is 0.667. The number of rotatable bonds is 2. The number of aryl methyl sites for hydroxylation is 2. The molecule has 0 amide bonds. The highest BCUT2D eigenvalue weighted by molar-refractivity contribution is 6.30. The molecule has 6 heteroatoms. The zero-order valence-corrected chi connectivity index (χ0v) is 13.8. The Balaban J connectivity index is 2.19. The van der Waals surface area contributed by atoms with E-state index in [1.54, 1.807) is 11.6 Å². The topological polar surface area (TPSA) is 48.9 Å². The number of fused-ring (bicyclic) bond motifs is 1. The zero-order valence-electron chi connectivity index (χ0n) is 13.1. The van der Waals surface area contributed by atoms with E-state index in [4.69, 9.17) is 11.6 Å². The molecule has 2 aromatic heterocycles. The van der Waals surface area contributed by atoms with Gasteiger partial charge in [0.25, 0.3) is 5.56 Å². The first kappa shape index (κ1) is 15.4. The Bertz CT molecular complexity index is 1050. The predicted octanol–water partition coefficient (Wildman–Crippen LogP) is 2.40. The molecule has 1 aromatic carbocycles. The largest absolute Gasteiger partial charge is 0.338 e. The van der Waals surface area contributed by atoms with Gasteiger partial charge in [-0.3, -0.25) is 13.9 Å². The minimum absolute atomic E-state index is 0.298. The van der Waals surface area contributed by atoms with Gasteiger partial charge in [0, 0.05) is 31.9 Å². The maximum atomic E-state index is 12.3. The standard InChI is InChI=1S/C17H16ClN3O2/c1-19-13(8-7-11-5-4-6-12(18)9-11)10-14-15(19)16(22)21(3)17(23)20(14)2/h4-10H,1-3H3/b8-7+. The summed E-state index contributed by atoms with van der Waals surface area (Å²) in [6.45, 7) is 0. The first-order valence-corrected chi connectivity index (χ1v) is 7.47. The second-order valence-electron chi connectivity index (χ2n) is 5.46. The molecule has 23 heavy (non-hydrogen) atoms. The monoisotopic (exact) mass is 329 g/mol. The van der Waals surface area contributed by atoms with Crippen molar-refractivity contribution in [3.05, 3.63) is 67.4 Å². The minimum atomic E-state index is -0.335. The van der Waals surface area contributed by atoms with E-state index in [0.29, 0.717) is 16.1 Å². The van der Waals surface area contributed by atoms with Crippen LogP contribution in [0.15, 0.2) is 39.9 Å². The molecule has 0 saturated carbocycles. The second-order valence-corrected chi connectivity index (χ2v) is 5.89. The van der Waals surface area contributed by atoms with Crippen molar-refractivity contribution in [2.24, 2.45) is 21.1 Å². The van der Waals surface area contributed by atoms with Crippen molar-refractivity contribution in [3.8, 4) is 0 Å². The van der Waals surface area contributed by atoms with Gasteiger partial charge < -0.3 is 4.57 Å². The van der Waals surface area contributed by atoms with Crippen molar-refractivity contribution < 1.29 is 0 Å². The number of hydrogen-bond donors (Lipinski definition) is 0. The highest BCUT2D eigenvalue weighted by Crippen LogP contribution is 2.17. The molecule has 3 aromatic rings. The van der Waals surface area contributed by atoms with Crippen LogP contribution in [-0.4, -0.2) is 13.7 Å². The van der Waals surface area contributed by atoms with Gasteiger partial charge in [0.1, 0.15) is 5.52 Å². The third-order valence-electron chi connectivity index (χ3n) is 3.99. The Kier molecular flexibility index (Phi) is 3.74. The summed E-state index contributed by atoms with van der Waals surface area (Å²) in [4.78, 5) is 24.4. The molecule has 118 valence electrons. The Morgan fingerprint density at radius 3 is 2.39 bits per heavy atom. The molecular formula is C17H16ClN3O2. The molecule has 5 nitrogen and oxygen atoms in total. The lowest BCUT2D eigenvalue weighted by Gasteiger charge is -2.04. The van der Waals surface area contributed by atoms with Gasteiger partial charge in [-0.25, -0.2) is 4.79 Å². The average molecular weight is 330 g/mol. The van der Waals surface area contributed by atoms with Crippen molar-refractivity contribution >= 4 is 34.8 Å². The van der Waals surface area contributed by atoms with Crippen LogP contribution in [0.3, 0.4) is 0 Å². The van der Waals surface area contributed by atoms with Gasteiger partial charge in [-0.05, 0) is 29.8 Å². The van der Waals surface area contributed by atoms with Crippen LogP contribution in [0.5, 0.6) is 0 Å².